The summed E-state index contributed by atoms with van der Waals surface area (Å²) in [4.78, 5) is 20.3. The molecule has 7 nitrogen and oxygen atoms in total. The molecule has 36 heavy (non-hydrogen) atoms. The van der Waals surface area contributed by atoms with Gasteiger partial charge in [0.1, 0.15) is 11.6 Å². The van der Waals surface area contributed by atoms with Crippen molar-refractivity contribution in [3.05, 3.63) is 71.3 Å². The first-order chi connectivity index (χ1) is 17.5. The number of nitriles is 1. The molecule has 8 heteroatoms. The molecular weight excluding hydrogens is 472 g/mol. The molecule has 0 saturated heterocycles. The summed E-state index contributed by atoms with van der Waals surface area (Å²) in [6, 6.07) is 14.7. The van der Waals surface area contributed by atoms with Gasteiger partial charge in [-0.2, -0.15) is 10.2 Å². The van der Waals surface area contributed by atoms with E-state index in [-0.39, 0.29) is 17.6 Å². The highest BCUT2D eigenvalue weighted by Gasteiger charge is 2.07. The summed E-state index contributed by atoms with van der Waals surface area (Å²) in [7, 11) is 0. The summed E-state index contributed by atoms with van der Waals surface area (Å²) in [6.45, 7) is 7.19. The van der Waals surface area contributed by atoms with E-state index in [1.807, 2.05) is 55.1 Å². The van der Waals surface area contributed by atoms with E-state index in [9.17, 15) is 4.79 Å². The first-order valence-electron chi connectivity index (χ1n) is 12.7. The van der Waals surface area contributed by atoms with Gasteiger partial charge in [-0.15, -0.1) is 0 Å². The molecule has 3 aromatic rings. The number of halogens is 1. The topological polar surface area (TPSA) is 95.6 Å². The minimum absolute atomic E-state index is 0.0855. The predicted molar refractivity (Wildman–Crippen MR) is 146 cm³/mol. The van der Waals surface area contributed by atoms with Crippen LogP contribution in [0.1, 0.15) is 70.4 Å². The molecule has 0 aliphatic heterocycles. The zero-order valence-electron chi connectivity index (χ0n) is 21.5. The van der Waals surface area contributed by atoms with Crippen LogP contribution in [0.15, 0.2) is 54.9 Å². The third-order valence-electron chi connectivity index (χ3n) is 5.68. The van der Waals surface area contributed by atoms with E-state index in [0.717, 1.165) is 11.5 Å². The van der Waals surface area contributed by atoms with E-state index in [2.05, 4.69) is 33.6 Å². The van der Waals surface area contributed by atoms with Crippen molar-refractivity contribution in [2.75, 3.05) is 11.9 Å². The lowest BCUT2D eigenvalue weighted by Gasteiger charge is -2.15. The van der Waals surface area contributed by atoms with Gasteiger partial charge in [0.05, 0.1) is 11.6 Å². The van der Waals surface area contributed by atoms with Gasteiger partial charge in [0.15, 0.2) is 0 Å². The van der Waals surface area contributed by atoms with Crippen molar-refractivity contribution in [3.63, 3.8) is 0 Å². The van der Waals surface area contributed by atoms with Crippen molar-refractivity contribution in [1.82, 2.24) is 19.9 Å². The first kappa shape index (κ1) is 28.9. The van der Waals surface area contributed by atoms with Crippen LogP contribution >= 0.6 is 11.6 Å². The van der Waals surface area contributed by atoms with Crippen molar-refractivity contribution in [1.29, 1.82) is 5.26 Å². The van der Waals surface area contributed by atoms with Crippen molar-refractivity contribution in [2.45, 2.75) is 65.8 Å². The number of hydrogen-bond donors (Lipinski definition) is 2. The second kappa shape index (κ2) is 16.3. The maximum absolute atomic E-state index is 12.0. The summed E-state index contributed by atoms with van der Waals surface area (Å²) in [6.07, 6.45) is 11.4. The molecule has 1 fully saturated rings. The second-order valence-electron chi connectivity index (χ2n) is 8.48. The minimum Gasteiger partial charge on any atom is -0.369 e. The number of hydrogen-bond acceptors (Lipinski definition) is 5. The van der Waals surface area contributed by atoms with Gasteiger partial charge in [-0.05, 0) is 47.3 Å². The Morgan fingerprint density at radius 1 is 1.11 bits per heavy atom. The van der Waals surface area contributed by atoms with Gasteiger partial charge in [0, 0.05) is 38.0 Å². The highest BCUT2D eigenvalue weighted by molar-refractivity contribution is 6.28. The molecule has 0 bridgehead atoms. The Kier molecular flexibility index (Phi) is 13.1. The molecule has 0 atom stereocenters. The van der Waals surface area contributed by atoms with E-state index < -0.39 is 0 Å². The largest absolute Gasteiger partial charge is 0.369 e. The number of benzene rings is 1. The van der Waals surface area contributed by atoms with Crippen LogP contribution in [0.2, 0.25) is 5.28 Å². The van der Waals surface area contributed by atoms with Gasteiger partial charge in [0.25, 0.3) is 0 Å². The third-order valence-corrected chi connectivity index (χ3v) is 5.85. The molecule has 1 saturated carbocycles. The molecule has 2 aromatic heterocycles. The van der Waals surface area contributed by atoms with Gasteiger partial charge in [-0.1, -0.05) is 65.0 Å². The van der Waals surface area contributed by atoms with E-state index in [1.165, 1.54) is 32.1 Å². The number of anilines is 1. The lowest BCUT2D eigenvalue weighted by Crippen LogP contribution is -2.25. The Bertz CT molecular complexity index is 1070. The highest BCUT2D eigenvalue weighted by Crippen LogP contribution is 2.22. The Hall–Kier alpha value is -3.37. The molecule has 2 heterocycles. The molecular formula is C28H37ClN6O. The number of nitrogens with one attached hydrogen (secondary N) is 2. The second-order valence-corrected chi connectivity index (χ2v) is 8.81. The lowest BCUT2D eigenvalue weighted by molar-refractivity contribution is -0.121. The van der Waals surface area contributed by atoms with E-state index in [4.69, 9.17) is 16.9 Å². The van der Waals surface area contributed by atoms with Crippen LogP contribution in [0.3, 0.4) is 0 Å². The number of carbonyl (C=O) groups is 1. The molecule has 0 radical (unpaired) electrons. The fourth-order valence-electron chi connectivity index (χ4n) is 3.71. The van der Waals surface area contributed by atoms with Crippen molar-refractivity contribution in [2.24, 2.45) is 5.92 Å². The van der Waals surface area contributed by atoms with Gasteiger partial charge in [-0.25, -0.2) is 4.98 Å². The molecule has 1 aliphatic rings. The van der Waals surface area contributed by atoms with E-state index in [1.54, 1.807) is 18.2 Å². The van der Waals surface area contributed by atoms with Crippen molar-refractivity contribution >= 4 is 23.3 Å². The zero-order chi connectivity index (χ0) is 26.2. The van der Waals surface area contributed by atoms with Crippen LogP contribution in [0, 0.1) is 17.2 Å². The fourth-order valence-corrected chi connectivity index (χ4v) is 3.89. The molecule has 4 rings (SSSR count). The van der Waals surface area contributed by atoms with Crippen molar-refractivity contribution in [3.8, 4) is 11.9 Å². The van der Waals surface area contributed by atoms with Crippen LogP contribution in [-0.4, -0.2) is 27.0 Å². The number of nitrogens with zero attached hydrogens (tertiary/aromatic N) is 4. The maximum Gasteiger partial charge on any atom is 0.226 e. The minimum atomic E-state index is -0.0855. The van der Waals surface area contributed by atoms with Gasteiger partial charge >= 0.3 is 0 Å². The zero-order valence-corrected chi connectivity index (χ0v) is 22.3. The van der Waals surface area contributed by atoms with Crippen LogP contribution in [0.25, 0.3) is 5.82 Å². The summed E-state index contributed by atoms with van der Waals surface area (Å²) in [5.41, 5.74) is 1.53. The third kappa shape index (κ3) is 10.5. The highest BCUT2D eigenvalue weighted by atomic mass is 35.5. The first-order valence-corrected chi connectivity index (χ1v) is 13.1. The summed E-state index contributed by atoms with van der Waals surface area (Å²) >= 11 is 5.97. The number of amides is 1. The molecule has 1 aliphatic carbocycles. The van der Waals surface area contributed by atoms with Gasteiger partial charge in [0.2, 0.25) is 11.2 Å². The van der Waals surface area contributed by atoms with Crippen LogP contribution in [-0.2, 0) is 11.3 Å². The fraction of sp³-hybridized carbons (Fsp3) is 0.429. The smallest absolute Gasteiger partial charge is 0.226 e. The Labute approximate surface area is 219 Å². The monoisotopic (exact) mass is 508 g/mol. The molecule has 2 N–H and O–H groups in total. The van der Waals surface area contributed by atoms with Crippen LogP contribution < -0.4 is 10.6 Å². The average molecular weight is 509 g/mol. The van der Waals surface area contributed by atoms with E-state index in [0.29, 0.717) is 30.3 Å². The molecule has 1 aromatic carbocycles. The lowest BCUT2D eigenvalue weighted by atomic mass is 9.91. The quantitative estimate of drug-likeness (QED) is 0.354. The maximum atomic E-state index is 12.0. The standard InChI is InChI=1S/C19H17ClN6O.C7H14.C2H6/c20-19-24-16(11-17(25-19)26-9-1-2-10-26)22-8-7-18(27)23-13-15-5-3-14(12-21)4-6-15;1-7-5-3-2-4-6-7;1-2/h1-6,9-11H,7-8,13H2,(H,23,27)(H,22,24,25);7H,2-6H2,1H3;1-2H3. The Morgan fingerprint density at radius 2 is 1.78 bits per heavy atom. The van der Waals surface area contributed by atoms with Gasteiger partial charge < -0.3 is 15.2 Å². The molecule has 192 valence electrons. The number of aromatic nitrogens is 3. The number of carbonyl (C=O) groups excluding carboxylic acids is 1. The molecule has 0 unspecified atom stereocenters. The summed E-state index contributed by atoms with van der Waals surface area (Å²) in [5, 5.41) is 14.8. The van der Waals surface area contributed by atoms with Crippen molar-refractivity contribution < 1.29 is 4.79 Å². The van der Waals surface area contributed by atoms with Gasteiger partial charge in [-0.3, -0.25) is 4.79 Å². The molecule has 0 spiro atoms. The summed E-state index contributed by atoms with van der Waals surface area (Å²) in [5.74, 6) is 2.15. The SMILES string of the molecule is CC.CC1CCCCC1.N#Cc1ccc(CNC(=O)CCNc2cc(-n3cccc3)nc(Cl)n2)cc1. The Balaban J connectivity index is 0.000000431. The number of rotatable bonds is 7. The van der Waals surface area contributed by atoms with Crippen LogP contribution in [0.5, 0.6) is 0 Å². The van der Waals surface area contributed by atoms with E-state index >= 15 is 0 Å². The summed E-state index contributed by atoms with van der Waals surface area (Å²) < 4.78 is 1.82. The normalized spacial score (nSPS) is 12.8. The Morgan fingerprint density at radius 3 is 2.36 bits per heavy atom. The predicted octanol–water partition coefficient (Wildman–Crippen LogP) is 6.52. The molecule has 1 amide bonds. The van der Waals surface area contributed by atoms with Crippen LogP contribution in [0.4, 0.5) is 5.82 Å². The average Bonchev–Trinajstić information content (AvgIpc) is 3.45.